The van der Waals surface area contributed by atoms with E-state index in [2.05, 4.69) is 27.3 Å². The van der Waals surface area contributed by atoms with E-state index in [0.717, 1.165) is 23.4 Å². The molecule has 2 heterocycles. The Hall–Kier alpha value is -0.780. The van der Waals surface area contributed by atoms with Crippen molar-refractivity contribution < 1.29 is 5.11 Å². The summed E-state index contributed by atoms with van der Waals surface area (Å²) in [7, 11) is 0. The molecular formula is C19H31N3OS. The van der Waals surface area contributed by atoms with Crippen LogP contribution in [0.25, 0.3) is 0 Å². The Labute approximate surface area is 150 Å². The highest BCUT2D eigenvalue weighted by Gasteiger charge is 2.26. The van der Waals surface area contributed by atoms with Crippen LogP contribution in [0.4, 0.5) is 5.82 Å². The lowest BCUT2D eigenvalue weighted by Crippen LogP contribution is -2.45. The normalized spacial score (nSPS) is 21.0. The van der Waals surface area contributed by atoms with Gasteiger partial charge in [-0.05, 0) is 43.4 Å². The Morgan fingerprint density at radius 2 is 1.96 bits per heavy atom. The topological polar surface area (TPSA) is 48.4 Å². The number of likely N-dealkylation sites (tertiary alicyclic amines) is 1. The first-order valence-corrected chi connectivity index (χ1v) is 10.6. The molecule has 2 N–H and O–H groups in total. The molecule has 0 radical (unpaired) electrons. The molecule has 0 amide bonds. The lowest BCUT2D eigenvalue weighted by Gasteiger charge is -2.39. The summed E-state index contributed by atoms with van der Waals surface area (Å²) >= 11 is 1.76. The Morgan fingerprint density at radius 1 is 1.17 bits per heavy atom. The number of pyridine rings is 1. The van der Waals surface area contributed by atoms with Gasteiger partial charge in [-0.25, -0.2) is 4.98 Å². The average molecular weight is 350 g/mol. The van der Waals surface area contributed by atoms with Gasteiger partial charge >= 0.3 is 0 Å². The van der Waals surface area contributed by atoms with Gasteiger partial charge in [0.05, 0.1) is 6.61 Å². The molecule has 2 fully saturated rings. The number of aliphatic hydroxyl groups excluding tert-OH is 1. The van der Waals surface area contributed by atoms with Crippen molar-refractivity contribution in [1.29, 1.82) is 0 Å². The van der Waals surface area contributed by atoms with Crippen molar-refractivity contribution in [2.24, 2.45) is 0 Å². The molecule has 4 nitrogen and oxygen atoms in total. The fraction of sp³-hybridized carbons (Fsp3) is 0.737. The maximum Gasteiger partial charge on any atom is 0.126 e. The second-order valence-corrected chi connectivity index (χ2v) is 8.18. The maximum atomic E-state index is 8.88. The fourth-order valence-corrected chi connectivity index (χ4v) is 4.65. The number of aromatic nitrogens is 1. The average Bonchev–Trinajstić information content (AvgIpc) is 2.64. The summed E-state index contributed by atoms with van der Waals surface area (Å²) in [5.74, 6) is 2.75. The van der Waals surface area contributed by atoms with Gasteiger partial charge in [0.1, 0.15) is 5.82 Å². The quantitative estimate of drug-likeness (QED) is 0.738. The van der Waals surface area contributed by atoms with Crippen molar-refractivity contribution >= 4 is 17.6 Å². The number of thioether (sulfide) groups is 1. The van der Waals surface area contributed by atoms with E-state index in [4.69, 9.17) is 5.11 Å². The Balaban J connectivity index is 1.44. The van der Waals surface area contributed by atoms with Crippen LogP contribution < -0.4 is 5.32 Å². The standard InChI is InChI=1S/C19H31N3OS/c23-12-13-24-15-16-6-9-20-19(14-16)21-17-7-10-22(11-8-17)18-4-2-1-3-5-18/h6,9,14,17-18,23H,1-5,7-8,10-13,15H2,(H,20,21). The smallest absolute Gasteiger partial charge is 0.126 e. The summed E-state index contributed by atoms with van der Waals surface area (Å²) < 4.78 is 0. The third-order valence-corrected chi connectivity index (χ3v) is 6.31. The molecule has 0 unspecified atom stereocenters. The molecule has 2 aliphatic rings. The Morgan fingerprint density at radius 3 is 2.71 bits per heavy atom. The van der Waals surface area contributed by atoms with Crippen molar-refractivity contribution in [1.82, 2.24) is 9.88 Å². The molecule has 1 aromatic rings. The van der Waals surface area contributed by atoms with Crippen molar-refractivity contribution in [3.8, 4) is 0 Å². The van der Waals surface area contributed by atoms with Crippen LogP contribution in [0.5, 0.6) is 0 Å². The van der Waals surface area contributed by atoms with E-state index < -0.39 is 0 Å². The third kappa shape index (κ3) is 5.36. The minimum Gasteiger partial charge on any atom is -0.396 e. The number of rotatable bonds is 7. The highest BCUT2D eigenvalue weighted by molar-refractivity contribution is 7.98. The van der Waals surface area contributed by atoms with Gasteiger partial charge in [-0.15, -0.1) is 0 Å². The van der Waals surface area contributed by atoms with E-state index in [-0.39, 0.29) is 6.61 Å². The molecule has 0 spiro atoms. The summed E-state index contributed by atoms with van der Waals surface area (Å²) in [5.41, 5.74) is 1.28. The minimum absolute atomic E-state index is 0.250. The van der Waals surface area contributed by atoms with Gasteiger partial charge in [0.2, 0.25) is 0 Å². The van der Waals surface area contributed by atoms with Gasteiger partial charge in [-0.2, -0.15) is 11.8 Å². The van der Waals surface area contributed by atoms with E-state index in [0.29, 0.717) is 6.04 Å². The lowest BCUT2D eigenvalue weighted by atomic mass is 9.92. The van der Waals surface area contributed by atoms with Gasteiger partial charge in [0.15, 0.2) is 0 Å². The van der Waals surface area contributed by atoms with Crippen LogP contribution in [0.15, 0.2) is 18.3 Å². The number of anilines is 1. The summed E-state index contributed by atoms with van der Waals surface area (Å²) in [5, 5.41) is 12.5. The number of aliphatic hydroxyl groups is 1. The SMILES string of the molecule is OCCSCc1ccnc(NC2CCN(C3CCCCC3)CC2)c1. The molecule has 0 atom stereocenters. The highest BCUT2D eigenvalue weighted by Crippen LogP contribution is 2.26. The van der Waals surface area contributed by atoms with Crippen LogP contribution in [0.3, 0.4) is 0 Å². The number of hydrogen-bond donors (Lipinski definition) is 2. The molecule has 5 heteroatoms. The summed E-state index contributed by atoms with van der Waals surface area (Å²) in [4.78, 5) is 7.22. The molecule has 1 saturated carbocycles. The molecular weight excluding hydrogens is 318 g/mol. The Kier molecular flexibility index (Phi) is 7.24. The molecule has 0 aromatic carbocycles. The van der Waals surface area contributed by atoms with Crippen LogP contribution in [0, 0.1) is 0 Å². The van der Waals surface area contributed by atoms with Crippen molar-refractivity contribution in [2.75, 3.05) is 30.8 Å². The predicted octanol–water partition coefficient (Wildman–Crippen LogP) is 3.52. The predicted molar refractivity (Wildman–Crippen MR) is 103 cm³/mol. The van der Waals surface area contributed by atoms with E-state index in [1.54, 1.807) is 11.8 Å². The first-order chi connectivity index (χ1) is 11.8. The molecule has 1 saturated heterocycles. The van der Waals surface area contributed by atoms with Gasteiger partial charge in [0.25, 0.3) is 0 Å². The van der Waals surface area contributed by atoms with Crippen molar-refractivity contribution in [3.05, 3.63) is 23.9 Å². The molecule has 24 heavy (non-hydrogen) atoms. The monoisotopic (exact) mass is 349 g/mol. The third-order valence-electron chi connectivity index (χ3n) is 5.30. The first-order valence-electron chi connectivity index (χ1n) is 9.49. The van der Waals surface area contributed by atoms with E-state index in [1.807, 2.05) is 6.20 Å². The lowest BCUT2D eigenvalue weighted by molar-refractivity contribution is 0.126. The zero-order valence-electron chi connectivity index (χ0n) is 14.6. The second kappa shape index (κ2) is 9.64. The van der Waals surface area contributed by atoms with Gasteiger partial charge < -0.3 is 15.3 Å². The molecule has 134 valence electrons. The first kappa shape index (κ1) is 18.0. The number of piperidine rings is 1. The number of hydrogen-bond acceptors (Lipinski definition) is 5. The zero-order valence-corrected chi connectivity index (χ0v) is 15.4. The van der Waals surface area contributed by atoms with Gasteiger partial charge in [-0.3, -0.25) is 0 Å². The molecule has 0 bridgehead atoms. The largest absolute Gasteiger partial charge is 0.396 e. The zero-order chi connectivity index (χ0) is 16.6. The number of nitrogens with zero attached hydrogens (tertiary/aromatic N) is 2. The van der Waals surface area contributed by atoms with Crippen LogP contribution in [0.2, 0.25) is 0 Å². The second-order valence-electron chi connectivity index (χ2n) is 7.07. The molecule has 3 rings (SSSR count). The summed E-state index contributed by atoms with van der Waals surface area (Å²) in [6.07, 6.45) is 11.5. The highest BCUT2D eigenvalue weighted by atomic mass is 32.2. The van der Waals surface area contributed by atoms with E-state index in [9.17, 15) is 0 Å². The fourth-order valence-electron chi connectivity index (χ4n) is 3.96. The van der Waals surface area contributed by atoms with Crippen LogP contribution in [0.1, 0.15) is 50.5 Å². The molecule has 1 aromatic heterocycles. The summed E-state index contributed by atoms with van der Waals surface area (Å²) in [6.45, 7) is 2.71. The number of nitrogens with one attached hydrogen (secondary N) is 1. The Bertz CT molecular complexity index is 485. The van der Waals surface area contributed by atoms with Gasteiger partial charge in [-0.1, -0.05) is 19.3 Å². The van der Waals surface area contributed by atoms with Crippen LogP contribution >= 0.6 is 11.8 Å². The van der Waals surface area contributed by atoms with Crippen LogP contribution in [-0.2, 0) is 5.75 Å². The van der Waals surface area contributed by atoms with Crippen molar-refractivity contribution in [3.63, 3.8) is 0 Å². The summed E-state index contributed by atoms with van der Waals surface area (Å²) in [6, 6.07) is 5.64. The van der Waals surface area contributed by atoms with Crippen molar-refractivity contribution in [2.45, 2.75) is 62.8 Å². The molecule has 1 aliphatic carbocycles. The van der Waals surface area contributed by atoms with Gasteiger partial charge in [0, 0.05) is 42.9 Å². The molecule has 1 aliphatic heterocycles. The minimum atomic E-state index is 0.250. The maximum absolute atomic E-state index is 8.88. The van der Waals surface area contributed by atoms with E-state index >= 15 is 0 Å². The van der Waals surface area contributed by atoms with Crippen LogP contribution in [-0.4, -0.2) is 52.5 Å². The van der Waals surface area contributed by atoms with E-state index in [1.165, 1.54) is 63.6 Å².